The molecule has 1 fully saturated rings. The molecule has 1 N–H and O–H groups in total. The summed E-state index contributed by atoms with van der Waals surface area (Å²) in [6, 6.07) is 8.86. The molecule has 106 valence electrons. The van der Waals surface area contributed by atoms with Gasteiger partial charge < -0.3 is 10.2 Å². The van der Waals surface area contributed by atoms with Gasteiger partial charge in [0.2, 0.25) is 0 Å². The molecule has 2 nitrogen and oxygen atoms in total. The third-order valence-corrected chi connectivity index (χ3v) is 4.23. The van der Waals surface area contributed by atoms with Gasteiger partial charge in [-0.25, -0.2) is 0 Å². The van der Waals surface area contributed by atoms with E-state index in [1.165, 1.54) is 44.3 Å². The number of piperidine rings is 1. The van der Waals surface area contributed by atoms with E-state index in [2.05, 4.69) is 29.3 Å². The molecule has 0 aliphatic carbocycles. The van der Waals surface area contributed by atoms with Gasteiger partial charge in [0.05, 0.1) is 0 Å². The van der Waals surface area contributed by atoms with Gasteiger partial charge in [-0.3, -0.25) is 0 Å². The highest BCUT2D eigenvalue weighted by molar-refractivity contribution is 6.30. The van der Waals surface area contributed by atoms with Gasteiger partial charge in [0.25, 0.3) is 0 Å². The van der Waals surface area contributed by atoms with E-state index >= 15 is 0 Å². The minimum Gasteiger partial charge on any atom is -0.313 e. The smallest absolute Gasteiger partial charge is 0.0406 e. The van der Waals surface area contributed by atoms with Gasteiger partial charge in [-0.15, -0.1) is 0 Å². The Bertz CT molecular complexity index is 364. The average Bonchev–Trinajstić information content (AvgIpc) is 2.42. The summed E-state index contributed by atoms with van der Waals surface area (Å²) in [5.74, 6) is 0. The van der Waals surface area contributed by atoms with Crippen LogP contribution in [0.15, 0.2) is 24.3 Å². The molecule has 3 heteroatoms. The second-order valence-electron chi connectivity index (χ2n) is 5.54. The molecule has 2 rings (SSSR count). The Kier molecular flexibility index (Phi) is 6.15. The molecular weight excluding hydrogens is 256 g/mol. The fourth-order valence-corrected chi connectivity index (χ4v) is 2.86. The highest BCUT2D eigenvalue weighted by atomic mass is 35.5. The predicted octanol–water partition coefficient (Wildman–Crippen LogP) is 3.69. The van der Waals surface area contributed by atoms with Crippen molar-refractivity contribution in [2.45, 2.75) is 45.2 Å². The lowest BCUT2D eigenvalue weighted by molar-refractivity contribution is 0.159. The van der Waals surface area contributed by atoms with Crippen LogP contribution in [0.2, 0.25) is 5.02 Å². The molecule has 1 saturated heterocycles. The van der Waals surface area contributed by atoms with Gasteiger partial charge in [0, 0.05) is 17.6 Å². The van der Waals surface area contributed by atoms with Crippen molar-refractivity contribution in [3.8, 4) is 0 Å². The molecule has 1 aliphatic heterocycles. The predicted molar refractivity (Wildman–Crippen MR) is 82.7 cm³/mol. The Morgan fingerprint density at radius 1 is 1.26 bits per heavy atom. The van der Waals surface area contributed by atoms with Crippen LogP contribution in [0.4, 0.5) is 0 Å². The minimum absolute atomic E-state index is 0.782. The summed E-state index contributed by atoms with van der Waals surface area (Å²) in [7, 11) is 0. The molecule has 0 radical (unpaired) electrons. The van der Waals surface area contributed by atoms with E-state index in [1.807, 2.05) is 12.1 Å². The number of halogens is 1. The van der Waals surface area contributed by atoms with Crippen molar-refractivity contribution in [2.24, 2.45) is 0 Å². The summed E-state index contributed by atoms with van der Waals surface area (Å²) in [5.41, 5.74) is 1.30. The van der Waals surface area contributed by atoms with E-state index in [-0.39, 0.29) is 0 Å². The second kappa shape index (κ2) is 7.88. The largest absolute Gasteiger partial charge is 0.313 e. The van der Waals surface area contributed by atoms with Crippen molar-refractivity contribution in [2.75, 3.05) is 19.6 Å². The van der Waals surface area contributed by atoms with Crippen LogP contribution in [0, 0.1) is 0 Å². The summed E-state index contributed by atoms with van der Waals surface area (Å²) >= 11 is 5.87. The normalized spacial score (nSPS) is 20.6. The van der Waals surface area contributed by atoms with Gasteiger partial charge in [0.1, 0.15) is 0 Å². The average molecular weight is 281 g/mol. The van der Waals surface area contributed by atoms with E-state index in [4.69, 9.17) is 11.6 Å². The highest BCUT2D eigenvalue weighted by Gasteiger charge is 2.16. The Hall–Kier alpha value is -0.570. The Balaban J connectivity index is 1.58. The molecule has 1 aromatic rings. The first-order valence-corrected chi connectivity index (χ1v) is 7.83. The van der Waals surface area contributed by atoms with Crippen LogP contribution in [0.5, 0.6) is 0 Å². The van der Waals surface area contributed by atoms with Gasteiger partial charge in [-0.2, -0.15) is 0 Å². The van der Waals surface area contributed by atoms with E-state index in [9.17, 15) is 0 Å². The number of hydrogen-bond acceptors (Lipinski definition) is 2. The lowest BCUT2D eigenvalue weighted by atomic mass is 10.0. The van der Waals surface area contributed by atoms with Gasteiger partial charge >= 0.3 is 0 Å². The number of nitrogens with zero attached hydrogens (tertiary/aromatic N) is 1. The van der Waals surface area contributed by atoms with Crippen LogP contribution >= 0.6 is 11.6 Å². The van der Waals surface area contributed by atoms with Crippen molar-refractivity contribution >= 4 is 11.6 Å². The quantitative estimate of drug-likeness (QED) is 0.800. The molecule has 19 heavy (non-hydrogen) atoms. The van der Waals surface area contributed by atoms with Crippen LogP contribution in [-0.4, -0.2) is 30.6 Å². The third kappa shape index (κ3) is 5.13. The first-order chi connectivity index (χ1) is 9.25. The summed E-state index contributed by atoms with van der Waals surface area (Å²) in [6.07, 6.45) is 5.39. The lowest BCUT2D eigenvalue weighted by Crippen LogP contribution is -2.38. The van der Waals surface area contributed by atoms with Crippen molar-refractivity contribution < 1.29 is 0 Å². The summed E-state index contributed by atoms with van der Waals surface area (Å²) < 4.78 is 0. The molecule has 0 aromatic heterocycles. The second-order valence-corrected chi connectivity index (χ2v) is 5.97. The summed E-state index contributed by atoms with van der Waals surface area (Å²) in [6.45, 7) is 6.91. The van der Waals surface area contributed by atoms with Gasteiger partial charge in [-0.05, 0) is 63.5 Å². The van der Waals surface area contributed by atoms with E-state index in [1.54, 1.807) is 0 Å². The van der Waals surface area contributed by atoms with Gasteiger partial charge in [-0.1, -0.05) is 30.2 Å². The molecule has 1 aliphatic rings. The maximum Gasteiger partial charge on any atom is 0.0406 e. The molecule has 1 atom stereocenters. The lowest BCUT2D eigenvalue weighted by Gasteiger charge is -2.33. The van der Waals surface area contributed by atoms with E-state index < -0.39 is 0 Å². The Labute approximate surface area is 122 Å². The third-order valence-electron chi connectivity index (χ3n) is 3.98. The van der Waals surface area contributed by atoms with E-state index in [0.717, 1.165) is 24.2 Å². The zero-order chi connectivity index (χ0) is 13.5. The fraction of sp³-hybridized carbons (Fsp3) is 0.625. The molecule has 1 heterocycles. The SMILES string of the molecule is C[C@H]1CCCCN1CCCNCc1ccc(Cl)cc1. The first-order valence-electron chi connectivity index (χ1n) is 7.45. The monoisotopic (exact) mass is 280 g/mol. The number of hydrogen-bond donors (Lipinski definition) is 1. The van der Waals surface area contributed by atoms with Crippen LogP contribution in [0.3, 0.4) is 0 Å². The molecule has 0 spiro atoms. The van der Waals surface area contributed by atoms with Crippen molar-refractivity contribution in [3.63, 3.8) is 0 Å². The summed E-state index contributed by atoms with van der Waals surface area (Å²) in [4.78, 5) is 2.63. The standard InChI is InChI=1S/C16H25ClN2/c1-14-5-2-3-11-19(14)12-4-10-18-13-15-6-8-16(17)9-7-15/h6-9,14,18H,2-5,10-13H2,1H3/t14-/m0/s1. The molecule has 0 amide bonds. The maximum absolute atomic E-state index is 5.87. The number of rotatable bonds is 6. The fourth-order valence-electron chi connectivity index (χ4n) is 2.73. The summed E-state index contributed by atoms with van der Waals surface area (Å²) in [5, 5.41) is 4.31. The van der Waals surface area contributed by atoms with E-state index in [0.29, 0.717) is 0 Å². The molecule has 0 saturated carbocycles. The Morgan fingerprint density at radius 3 is 2.79 bits per heavy atom. The number of likely N-dealkylation sites (tertiary alicyclic amines) is 1. The van der Waals surface area contributed by atoms with Crippen molar-refractivity contribution in [1.29, 1.82) is 0 Å². The highest BCUT2D eigenvalue weighted by Crippen LogP contribution is 2.16. The number of nitrogens with one attached hydrogen (secondary N) is 1. The van der Waals surface area contributed by atoms with Crippen LogP contribution in [-0.2, 0) is 6.54 Å². The van der Waals surface area contributed by atoms with Crippen molar-refractivity contribution in [1.82, 2.24) is 10.2 Å². The van der Waals surface area contributed by atoms with Crippen LogP contribution < -0.4 is 5.32 Å². The van der Waals surface area contributed by atoms with Crippen LogP contribution in [0.1, 0.15) is 38.2 Å². The Morgan fingerprint density at radius 2 is 2.05 bits per heavy atom. The number of benzene rings is 1. The molecular formula is C16H25ClN2. The van der Waals surface area contributed by atoms with Gasteiger partial charge in [0.15, 0.2) is 0 Å². The molecule has 0 bridgehead atoms. The van der Waals surface area contributed by atoms with Crippen LogP contribution in [0.25, 0.3) is 0 Å². The molecule has 1 aromatic carbocycles. The minimum atomic E-state index is 0.782. The topological polar surface area (TPSA) is 15.3 Å². The maximum atomic E-state index is 5.87. The zero-order valence-electron chi connectivity index (χ0n) is 11.9. The zero-order valence-corrected chi connectivity index (χ0v) is 12.6. The first kappa shape index (κ1) is 14.8. The molecule has 0 unspecified atom stereocenters. The van der Waals surface area contributed by atoms with Crippen molar-refractivity contribution in [3.05, 3.63) is 34.9 Å².